The Hall–Kier alpha value is -4.48. The molecule has 1 atom stereocenters. The molecule has 1 aliphatic heterocycles. The van der Waals surface area contributed by atoms with E-state index in [1.54, 1.807) is 28.5 Å². The van der Waals surface area contributed by atoms with Gasteiger partial charge in [0.25, 0.3) is 11.8 Å². The van der Waals surface area contributed by atoms with Gasteiger partial charge < -0.3 is 9.73 Å². The van der Waals surface area contributed by atoms with Crippen LogP contribution in [0.2, 0.25) is 0 Å². The van der Waals surface area contributed by atoms with Gasteiger partial charge in [-0.25, -0.2) is 5.01 Å². The number of aryl methyl sites for hydroxylation is 2. The first kappa shape index (κ1) is 28.6. The Morgan fingerprint density at radius 2 is 1.86 bits per heavy atom. The van der Waals surface area contributed by atoms with Crippen molar-refractivity contribution in [3.05, 3.63) is 117 Å². The van der Waals surface area contributed by atoms with E-state index < -0.39 is 0 Å². The number of thioether (sulfide) groups is 1. The fourth-order valence-electron chi connectivity index (χ4n) is 4.95. The molecule has 2 aromatic carbocycles. The van der Waals surface area contributed by atoms with Gasteiger partial charge in [0.1, 0.15) is 0 Å². The Morgan fingerprint density at radius 1 is 1.02 bits per heavy atom. The standard InChI is InChI=1S/C32H30N6O3S2/c1-20-11-13-23(14-12-20)26-17-24(28-10-6-16-42-28)36-38(26)30(39)19-43-32-35-34-29(18-33-31(40)27-9-5-15-41-27)37(32)25-8-4-7-21(2)22(25)3/h4-16,26H,17-19H2,1-3H3,(H,33,40)/t26-/m0/s1. The third kappa shape index (κ3) is 6.04. The van der Waals surface area contributed by atoms with E-state index in [0.717, 1.165) is 38.5 Å². The van der Waals surface area contributed by atoms with Gasteiger partial charge in [-0.3, -0.25) is 14.2 Å². The maximum Gasteiger partial charge on any atom is 0.287 e. The number of aromatic nitrogens is 3. The minimum atomic E-state index is -0.347. The predicted octanol–water partition coefficient (Wildman–Crippen LogP) is 6.25. The van der Waals surface area contributed by atoms with Crippen LogP contribution in [0.5, 0.6) is 0 Å². The van der Waals surface area contributed by atoms with Gasteiger partial charge in [-0.1, -0.05) is 59.8 Å². The van der Waals surface area contributed by atoms with Crippen molar-refractivity contribution in [3.8, 4) is 5.69 Å². The second-order valence-electron chi connectivity index (χ2n) is 10.3. The van der Waals surface area contributed by atoms with Crippen LogP contribution in [0.25, 0.3) is 5.69 Å². The summed E-state index contributed by atoms with van der Waals surface area (Å²) in [6.45, 7) is 6.26. The third-order valence-corrected chi connectivity index (χ3v) is 9.26. The summed E-state index contributed by atoms with van der Waals surface area (Å²) >= 11 is 2.93. The second kappa shape index (κ2) is 12.4. The Labute approximate surface area is 257 Å². The Bertz CT molecular complexity index is 1780. The first-order valence-corrected chi connectivity index (χ1v) is 15.7. The van der Waals surface area contributed by atoms with Crippen molar-refractivity contribution < 1.29 is 14.0 Å². The first-order chi connectivity index (χ1) is 20.9. The van der Waals surface area contributed by atoms with Gasteiger partial charge in [0.15, 0.2) is 16.7 Å². The van der Waals surface area contributed by atoms with Crippen LogP contribution in [-0.2, 0) is 11.3 Å². The number of furan rings is 1. The molecule has 218 valence electrons. The summed E-state index contributed by atoms with van der Waals surface area (Å²) in [5, 5.41) is 20.7. The van der Waals surface area contributed by atoms with Crippen LogP contribution in [-0.4, -0.2) is 43.1 Å². The molecule has 1 N–H and O–H groups in total. The molecule has 5 aromatic rings. The summed E-state index contributed by atoms with van der Waals surface area (Å²) in [5.74, 6) is 0.408. The van der Waals surface area contributed by atoms with Gasteiger partial charge in [-0.2, -0.15) is 5.10 Å². The first-order valence-electron chi connectivity index (χ1n) is 13.8. The molecule has 6 rings (SSSR count). The van der Waals surface area contributed by atoms with Crippen molar-refractivity contribution in [1.82, 2.24) is 25.1 Å². The fourth-order valence-corrected chi connectivity index (χ4v) is 6.49. The zero-order valence-corrected chi connectivity index (χ0v) is 25.6. The number of carbonyl (C=O) groups excluding carboxylic acids is 2. The minimum Gasteiger partial charge on any atom is -0.459 e. The van der Waals surface area contributed by atoms with E-state index in [0.29, 0.717) is 17.4 Å². The van der Waals surface area contributed by atoms with Gasteiger partial charge >= 0.3 is 0 Å². The lowest BCUT2D eigenvalue weighted by Crippen LogP contribution is -2.28. The number of nitrogens with one attached hydrogen (secondary N) is 1. The lowest BCUT2D eigenvalue weighted by Gasteiger charge is -2.22. The molecule has 0 fully saturated rings. The largest absolute Gasteiger partial charge is 0.459 e. The third-order valence-electron chi connectivity index (χ3n) is 7.43. The Kier molecular flexibility index (Phi) is 8.26. The van der Waals surface area contributed by atoms with Crippen LogP contribution in [0, 0.1) is 20.8 Å². The maximum absolute atomic E-state index is 13.8. The van der Waals surface area contributed by atoms with Crippen molar-refractivity contribution in [2.45, 2.75) is 44.9 Å². The van der Waals surface area contributed by atoms with Crippen LogP contribution in [0.4, 0.5) is 0 Å². The highest BCUT2D eigenvalue weighted by molar-refractivity contribution is 7.99. The van der Waals surface area contributed by atoms with E-state index in [4.69, 9.17) is 9.52 Å². The summed E-state index contributed by atoms with van der Waals surface area (Å²) in [6.07, 6.45) is 2.11. The fraction of sp³-hybridized carbons (Fsp3) is 0.219. The number of amides is 2. The summed E-state index contributed by atoms with van der Waals surface area (Å²) < 4.78 is 7.13. The zero-order valence-electron chi connectivity index (χ0n) is 24.0. The van der Waals surface area contributed by atoms with Crippen LogP contribution in [0.3, 0.4) is 0 Å². The van der Waals surface area contributed by atoms with Gasteiger partial charge in [-0.15, -0.1) is 21.5 Å². The van der Waals surface area contributed by atoms with Crippen molar-refractivity contribution in [3.63, 3.8) is 0 Å². The lowest BCUT2D eigenvalue weighted by molar-refractivity contribution is -0.130. The molecule has 0 saturated carbocycles. The highest BCUT2D eigenvalue weighted by atomic mass is 32.2. The minimum absolute atomic E-state index is 0.116. The smallest absolute Gasteiger partial charge is 0.287 e. The summed E-state index contributed by atoms with van der Waals surface area (Å²) in [5.41, 5.74) is 6.17. The van der Waals surface area contributed by atoms with Crippen LogP contribution in [0.15, 0.2) is 93.0 Å². The number of rotatable bonds is 9. The van der Waals surface area contributed by atoms with Gasteiger partial charge in [-0.05, 0) is 67.1 Å². The molecule has 0 spiro atoms. The summed E-state index contributed by atoms with van der Waals surface area (Å²) in [4.78, 5) is 27.4. The quantitative estimate of drug-likeness (QED) is 0.198. The zero-order chi connectivity index (χ0) is 29.9. The van der Waals surface area contributed by atoms with Crippen molar-refractivity contribution in [2.24, 2.45) is 5.10 Å². The van der Waals surface area contributed by atoms with E-state index in [1.807, 2.05) is 61.1 Å². The monoisotopic (exact) mass is 610 g/mol. The molecule has 0 saturated heterocycles. The van der Waals surface area contributed by atoms with E-state index in [2.05, 4.69) is 39.8 Å². The second-order valence-corrected chi connectivity index (χ2v) is 12.2. The predicted molar refractivity (Wildman–Crippen MR) is 168 cm³/mol. The molecule has 4 heterocycles. The summed E-state index contributed by atoms with van der Waals surface area (Å²) in [7, 11) is 0. The number of carbonyl (C=O) groups is 2. The molecule has 0 aliphatic carbocycles. The average Bonchev–Trinajstić information content (AvgIpc) is 3.83. The number of hydrazone groups is 1. The Balaban J connectivity index is 1.26. The maximum atomic E-state index is 13.8. The van der Waals surface area contributed by atoms with Crippen molar-refractivity contribution in [2.75, 3.05) is 5.75 Å². The lowest BCUT2D eigenvalue weighted by atomic mass is 10.00. The number of benzene rings is 2. The topological polar surface area (TPSA) is 106 Å². The molecule has 2 amide bonds. The molecule has 1 aliphatic rings. The SMILES string of the molecule is Cc1ccc([C@@H]2CC(c3cccs3)=NN2C(=O)CSc2nnc(CNC(=O)c3ccco3)n2-c2cccc(C)c2C)cc1. The molecule has 0 radical (unpaired) electrons. The molecule has 0 unspecified atom stereocenters. The van der Waals surface area contributed by atoms with Crippen LogP contribution < -0.4 is 5.32 Å². The molecule has 9 nitrogen and oxygen atoms in total. The molecular weight excluding hydrogens is 581 g/mol. The van der Waals surface area contributed by atoms with E-state index in [-0.39, 0.29) is 35.9 Å². The molecule has 0 bridgehead atoms. The van der Waals surface area contributed by atoms with Crippen molar-refractivity contribution in [1.29, 1.82) is 0 Å². The Morgan fingerprint density at radius 3 is 2.60 bits per heavy atom. The molecule has 11 heteroatoms. The number of nitrogens with zero attached hydrogens (tertiary/aromatic N) is 5. The van der Waals surface area contributed by atoms with E-state index >= 15 is 0 Å². The summed E-state index contributed by atoms with van der Waals surface area (Å²) in [6, 6.07) is 21.4. The molecule has 43 heavy (non-hydrogen) atoms. The van der Waals surface area contributed by atoms with Gasteiger partial charge in [0.05, 0.1) is 40.9 Å². The van der Waals surface area contributed by atoms with Gasteiger partial charge in [0, 0.05) is 6.42 Å². The van der Waals surface area contributed by atoms with Crippen LogP contribution >= 0.6 is 23.1 Å². The van der Waals surface area contributed by atoms with Crippen LogP contribution in [0.1, 0.15) is 56.0 Å². The van der Waals surface area contributed by atoms with E-state index in [9.17, 15) is 9.59 Å². The average molecular weight is 611 g/mol. The van der Waals surface area contributed by atoms with Gasteiger partial charge in [0.2, 0.25) is 0 Å². The van der Waals surface area contributed by atoms with Crippen molar-refractivity contribution >= 4 is 40.6 Å². The molecular formula is C32H30N6O3S2. The molecule has 3 aromatic heterocycles. The highest BCUT2D eigenvalue weighted by Gasteiger charge is 2.33. The number of hydrogen-bond donors (Lipinski definition) is 1. The normalized spacial score (nSPS) is 14.6. The number of thiophene rings is 1. The highest BCUT2D eigenvalue weighted by Crippen LogP contribution is 2.35. The van der Waals surface area contributed by atoms with E-state index in [1.165, 1.54) is 18.0 Å². The number of hydrogen-bond acceptors (Lipinski definition) is 8.